The van der Waals surface area contributed by atoms with Crippen LogP contribution in [-0.4, -0.2) is 29.7 Å². The van der Waals surface area contributed by atoms with Gasteiger partial charge in [-0.15, -0.1) is 24.0 Å². The quantitative estimate of drug-likeness (QED) is 0.455. The van der Waals surface area contributed by atoms with E-state index < -0.39 is 0 Å². The minimum atomic E-state index is 0. The molecule has 0 spiro atoms. The van der Waals surface area contributed by atoms with E-state index in [2.05, 4.69) is 20.4 Å². The van der Waals surface area contributed by atoms with Crippen molar-refractivity contribution in [3.63, 3.8) is 0 Å². The highest BCUT2D eigenvalue weighted by Crippen LogP contribution is 2.18. The van der Waals surface area contributed by atoms with Crippen LogP contribution < -0.4 is 11.1 Å². The smallest absolute Gasteiger partial charge is 0.257 e. The first-order valence-corrected chi connectivity index (χ1v) is 6.61. The van der Waals surface area contributed by atoms with Crippen LogP contribution in [0.3, 0.4) is 0 Å². The number of nitrogens with zero attached hydrogens (tertiary/aromatic N) is 3. The van der Waals surface area contributed by atoms with E-state index in [9.17, 15) is 0 Å². The van der Waals surface area contributed by atoms with Gasteiger partial charge in [-0.05, 0) is 24.1 Å². The average Bonchev–Trinajstić information content (AvgIpc) is 2.96. The number of rotatable bonds is 5. The van der Waals surface area contributed by atoms with E-state index in [1.807, 2.05) is 31.2 Å². The molecule has 1 aromatic carbocycles. The summed E-state index contributed by atoms with van der Waals surface area (Å²) in [5.41, 5.74) is 7.71. The number of hydrogen-bond acceptors (Lipinski definition) is 4. The van der Waals surface area contributed by atoms with Gasteiger partial charge in [-0.2, -0.15) is 4.98 Å². The van der Waals surface area contributed by atoms with Crippen molar-refractivity contribution in [3.05, 3.63) is 35.7 Å². The molecule has 114 valence electrons. The van der Waals surface area contributed by atoms with Crippen molar-refractivity contribution in [3.8, 4) is 11.5 Å². The Labute approximate surface area is 141 Å². The Bertz CT molecular complexity index is 579. The third-order valence-corrected chi connectivity index (χ3v) is 2.95. The molecule has 3 N–H and O–H groups in total. The molecule has 0 radical (unpaired) electrons. The van der Waals surface area contributed by atoms with E-state index in [0.29, 0.717) is 11.9 Å². The molecular weight excluding hydrogens is 381 g/mol. The fourth-order valence-electron chi connectivity index (χ4n) is 1.74. The summed E-state index contributed by atoms with van der Waals surface area (Å²) in [5.74, 6) is 1.75. The van der Waals surface area contributed by atoms with Crippen LogP contribution in [0.25, 0.3) is 11.5 Å². The van der Waals surface area contributed by atoms with Gasteiger partial charge < -0.3 is 15.6 Å². The molecule has 0 fully saturated rings. The number of aromatic nitrogens is 2. The Morgan fingerprint density at radius 2 is 2.05 bits per heavy atom. The zero-order chi connectivity index (χ0) is 14.4. The summed E-state index contributed by atoms with van der Waals surface area (Å²) in [4.78, 5) is 8.14. The molecule has 0 atom stereocenters. The van der Waals surface area contributed by atoms with Crippen LogP contribution >= 0.6 is 24.0 Å². The molecule has 7 heteroatoms. The van der Waals surface area contributed by atoms with E-state index in [1.165, 1.54) is 5.56 Å². The minimum Gasteiger partial charge on any atom is -0.370 e. The fraction of sp³-hybridized carbons (Fsp3) is 0.357. The summed E-state index contributed by atoms with van der Waals surface area (Å²) >= 11 is 0. The van der Waals surface area contributed by atoms with Crippen LogP contribution in [0.4, 0.5) is 0 Å². The van der Waals surface area contributed by atoms with Crippen molar-refractivity contribution in [1.82, 2.24) is 15.5 Å². The Morgan fingerprint density at radius 1 is 1.33 bits per heavy atom. The maximum atomic E-state index is 5.56. The third-order valence-electron chi connectivity index (χ3n) is 2.95. The lowest BCUT2D eigenvalue weighted by molar-refractivity contribution is 0.423. The van der Waals surface area contributed by atoms with Crippen LogP contribution in [0.1, 0.15) is 18.3 Å². The molecule has 21 heavy (non-hydrogen) atoms. The maximum Gasteiger partial charge on any atom is 0.257 e. The number of nitrogens with two attached hydrogens (primary N) is 1. The summed E-state index contributed by atoms with van der Waals surface area (Å²) in [7, 11) is 1.66. The second-order valence-electron chi connectivity index (χ2n) is 4.35. The zero-order valence-electron chi connectivity index (χ0n) is 12.2. The maximum absolute atomic E-state index is 5.56. The predicted octanol–water partition coefficient (Wildman–Crippen LogP) is 1.99. The van der Waals surface area contributed by atoms with Crippen molar-refractivity contribution in [2.75, 3.05) is 13.6 Å². The third kappa shape index (κ3) is 5.00. The van der Waals surface area contributed by atoms with Crippen LogP contribution in [0.2, 0.25) is 0 Å². The topological polar surface area (TPSA) is 89.3 Å². The Hall–Kier alpha value is -1.64. The van der Waals surface area contributed by atoms with Gasteiger partial charge in [-0.3, -0.25) is 4.99 Å². The Morgan fingerprint density at radius 3 is 2.62 bits per heavy atom. The highest BCUT2D eigenvalue weighted by molar-refractivity contribution is 14.0. The van der Waals surface area contributed by atoms with E-state index in [-0.39, 0.29) is 24.0 Å². The SMILES string of the molecule is CCc1noc(-c2ccc(CCNC(N)=NC)cc2)n1.I. The van der Waals surface area contributed by atoms with Gasteiger partial charge in [0.05, 0.1) is 0 Å². The predicted molar refractivity (Wildman–Crippen MR) is 93.8 cm³/mol. The lowest BCUT2D eigenvalue weighted by Crippen LogP contribution is -2.32. The summed E-state index contributed by atoms with van der Waals surface area (Å²) in [5, 5.41) is 6.91. The van der Waals surface area contributed by atoms with Gasteiger partial charge in [0.25, 0.3) is 5.89 Å². The van der Waals surface area contributed by atoms with Gasteiger partial charge in [-0.25, -0.2) is 0 Å². The second kappa shape index (κ2) is 8.60. The van der Waals surface area contributed by atoms with Crippen LogP contribution in [0.5, 0.6) is 0 Å². The number of nitrogens with one attached hydrogen (secondary N) is 1. The second-order valence-corrected chi connectivity index (χ2v) is 4.35. The summed E-state index contributed by atoms with van der Waals surface area (Å²) in [6, 6.07) is 8.07. The van der Waals surface area contributed by atoms with Gasteiger partial charge in [0.2, 0.25) is 0 Å². The van der Waals surface area contributed by atoms with Crippen LogP contribution in [-0.2, 0) is 12.8 Å². The number of benzene rings is 1. The number of halogens is 1. The molecule has 0 unspecified atom stereocenters. The first-order valence-electron chi connectivity index (χ1n) is 6.61. The van der Waals surface area contributed by atoms with Gasteiger partial charge in [-0.1, -0.05) is 24.2 Å². The number of aryl methyl sites for hydroxylation is 1. The minimum absolute atomic E-state index is 0. The van der Waals surface area contributed by atoms with Gasteiger partial charge >= 0.3 is 0 Å². The molecule has 0 aliphatic carbocycles. The average molecular weight is 401 g/mol. The number of aliphatic imine (C=N–C) groups is 1. The molecule has 0 saturated carbocycles. The molecule has 6 nitrogen and oxygen atoms in total. The monoisotopic (exact) mass is 401 g/mol. The normalized spacial score (nSPS) is 11.0. The molecule has 0 saturated heterocycles. The molecule has 2 aromatic rings. The largest absolute Gasteiger partial charge is 0.370 e. The van der Waals surface area contributed by atoms with Crippen molar-refractivity contribution in [1.29, 1.82) is 0 Å². The first kappa shape index (κ1) is 17.4. The molecular formula is C14H20IN5O. The van der Waals surface area contributed by atoms with E-state index in [4.69, 9.17) is 10.3 Å². The van der Waals surface area contributed by atoms with Gasteiger partial charge in [0, 0.05) is 25.6 Å². The molecule has 1 heterocycles. The standard InChI is InChI=1S/C14H19N5O.HI/c1-3-12-18-13(20-19-12)11-6-4-10(5-7-11)8-9-17-14(15)16-2;/h4-7H,3,8-9H2,1-2H3,(H3,15,16,17);1H. The summed E-state index contributed by atoms with van der Waals surface area (Å²) < 4.78 is 5.20. The molecule has 1 aromatic heterocycles. The van der Waals surface area contributed by atoms with Crippen molar-refractivity contribution in [2.24, 2.45) is 10.7 Å². The lowest BCUT2D eigenvalue weighted by Gasteiger charge is -2.05. The van der Waals surface area contributed by atoms with E-state index in [1.54, 1.807) is 7.05 Å². The van der Waals surface area contributed by atoms with E-state index >= 15 is 0 Å². The zero-order valence-corrected chi connectivity index (χ0v) is 14.5. The van der Waals surface area contributed by atoms with Crippen LogP contribution in [0.15, 0.2) is 33.8 Å². The summed E-state index contributed by atoms with van der Waals surface area (Å²) in [6.45, 7) is 2.75. The van der Waals surface area contributed by atoms with E-state index in [0.717, 1.165) is 30.8 Å². The van der Waals surface area contributed by atoms with Gasteiger partial charge in [0.15, 0.2) is 11.8 Å². The molecule has 0 amide bonds. The highest BCUT2D eigenvalue weighted by Gasteiger charge is 2.07. The van der Waals surface area contributed by atoms with Crippen molar-refractivity contribution >= 4 is 29.9 Å². The van der Waals surface area contributed by atoms with Crippen LogP contribution in [0, 0.1) is 0 Å². The molecule has 2 rings (SSSR count). The van der Waals surface area contributed by atoms with Gasteiger partial charge in [0.1, 0.15) is 0 Å². The number of hydrogen-bond donors (Lipinski definition) is 2. The fourth-order valence-corrected chi connectivity index (χ4v) is 1.74. The lowest BCUT2D eigenvalue weighted by atomic mass is 10.1. The summed E-state index contributed by atoms with van der Waals surface area (Å²) in [6.07, 6.45) is 1.65. The molecule has 0 aliphatic heterocycles. The first-order chi connectivity index (χ1) is 9.72. The van der Waals surface area contributed by atoms with Crippen molar-refractivity contribution < 1.29 is 4.52 Å². The molecule has 0 bridgehead atoms. The highest BCUT2D eigenvalue weighted by atomic mass is 127. The molecule has 0 aliphatic rings. The number of guanidine groups is 1. The van der Waals surface area contributed by atoms with Crippen molar-refractivity contribution in [2.45, 2.75) is 19.8 Å². The Balaban J connectivity index is 0.00000220. The Kier molecular flexibility index (Phi) is 7.13.